The molecule has 1 unspecified atom stereocenters. The van der Waals surface area contributed by atoms with Crippen LogP contribution in [0.25, 0.3) is 0 Å². The van der Waals surface area contributed by atoms with Crippen molar-refractivity contribution in [3.05, 3.63) is 24.2 Å². The quantitative estimate of drug-likeness (QED) is 0.809. The highest BCUT2D eigenvalue weighted by atomic mass is 16.5. The zero-order valence-corrected chi connectivity index (χ0v) is 13.4. The summed E-state index contributed by atoms with van der Waals surface area (Å²) in [5, 5.41) is 10.1. The number of piperazine rings is 1. The zero-order valence-electron chi connectivity index (χ0n) is 13.4. The van der Waals surface area contributed by atoms with Gasteiger partial charge in [0.15, 0.2) is 0 Å². The Kier molecular flexibility index (Phi) is 5.66. The van der Waals surface area contributed by atoms with Crippen molar-refractivity contribution in [1.82, 2.24) is 14.7 Å². The van der Waals surface area contributed by atoms with E-state index in [1.807, 2.05) is 4.90 Å². The third kappa shape index (κ3) is 4.54. The Morgan fingerprint density at radius 1 is 1.13 bits per heavy atom. The van der Waals surface area contributed by atoms with E-state index in [-0.39, 0.29) is 5.91 Å². The van der Waals surface area contributed by atoms with E-state index >= 15 is 0 Å². The number of β-amino-alcohol motifs (C(OH)–C–C–N with tert-alkyl or cyclic N) is 1. The summed E-state index contributed by atoms with van der Waals surface area (Å²) in [5.74, 6) is 0.798. The van der Waals surface area contributed by atoms with Crippen LogP contribution in [0.5, 0.6) is 0 Å². The molecule has 2 aliphatic heterocycles. The molecule has 1 amide bonds. The van der Waals surface area contributed by atoms with E-state index in [4.69, 9.17) is 9.15 Å². The molecule has 1 atom stereocenters. The molecule has 0 radical (unpaired) electrons. The molecule has 0 aromatic carbocycles. The Bertz CT molecular complexity index is 480. The van der Waals surface area contributed by atoms with Crippen molar-refractivity contribution in [2.24, 2.45) is 0 Å². The topological polar surface area (TPSA) is 69.4 Å². The third-order valence-corrected chi connectivity index (χ3v) is 4.49. The standard InChI is InChI=1S/C16H25N3O4/c20-14(15-2-1-9-23-15)12-17-3-5-18(6-4-17)13-16(21)19-7-10-22-11-8-19/h1-2,9,14,20H,3-8,10-13H2. The van der Waals surface area contributed by atoms with Crippen molar-refractivity contribution < 1.29 is 19.1 Å². The smallest absolute Gasteiger partial charge is 0.236 e. The lowest BCUT2D eigenvalue weighted by atomic mass is 10.2. The molecule has 2 fully saturated rings. The lowest BCUT2D eigenvalue weighted by Gasteiger charge is -2.36. The number of hydrogen-bond donors (Lipinski definition) is 1. The van der Waals surface area contributed by atoms with Gasteiger partial charge in [0.25, 0.3) is 0 Å². The summed E-state index contributed by atoms with van der Waals surface area (Å²) in [5.41, 5.74) is 0. The van der Waals surface area contributed by atoms with E-state index in [1.54, 1.807) is 18.4 Å². The van der Waals surface area contributed by atoms with Crippen LogP contribution in [0.3, 0.4) is 0 Å². The molecule has 3 heterocycles. The SMILES string of the molecule is O=C(CN1CCN(CC(O)c2ccco2)CC1)N1CCOCC1. The van der Waals surface area contributed by atoms with Crippen LogP contribution >= 0.6 is 0 Å². The van der Waals surface area contributed by atoms with Crippen LogP contribution in [0.2, 0.25) is 0 Å². The molecule has 1 N–H and O–H groups in total. The van der Waals surface area contributed by atoms with Gasteiger partial charge in [0.05, 0.1) is 26.0 Å². The highest BCUT2D eigenvalue weighted by Crippen LogP contribution is 2.15. The van der Waals surface area contributed by atoms with Crippen molar-refractivity contribution in [2.45, 2.75) is 6.10 Å². The first-order chi connectivity index (χ1) is 11.2. The van der Waals surface area contributed by atoms with Crippen LogP contribution in [-0.4, -0.2) is 91.3 Å². The number of carbonyl (C=O) groups is 1. The Morgan fingerprint density at radius 2 is 1.83 bits per heavy atom. The minimum absolute atomic E-state index is 0.192. The van der Waals surface area contributed by atoms with Crippen molar-refractivity contribution >= 4 is 5.91 Å². The van der Waals surface area contributed by atoms with Gasteiger partial charge in [0, 0.05) is 45.8 Å². The number of rotatable bonds is 5. The van der Waals surface area contributed by atoms with Crippen LogP contribution in [0, 0.1) is 0 Å². The molecule has 23 heavy (non-hydrogen) atoms. The molecule has 2 aliphatic rings. The van der Waals surface area contributed by atoms with Gasteiger partial charge in [0.2, 0.25) is 5.91 Å². The predicted molar refractivity (Wildman–Crippen MR) is 83.9 cm³/mol. The molecule has 0 aliphatic carbocycles. The Hall–Kier alpha value is -1.41. The number of furan rings is 1. The Labute approximate surface area is 136 Å². The first kappa shape index (κ1) is 16.4. The second kappa shape index (κ2) is 7.92. The fourth-order valence-electron chi connectivity index (χ4n) is 3.05. The summed E-state index contributed by atoms with van der Waals surface area (Å²) in [6, 6.07) is 3.58. The highest BCUT2D eigenvalue weighted by molar-refractivity contribution is 5.78. The second-order valence-electron chi connectivity index (χ2n) is 6.10. The molecule has 7 heteroatoms. The third-order valence-electron chi connectivity index (χ3n) is 4.49. The van der Waals surface area contributed by atoms with E-state index < -0.39 is 6.10 Å². The van der Waals surface area contributed by atoms with Crippen LogP contribution in [0.15, 0.2) is 22.8 Å². The number of hydrogen-bond acceptors (Lipinski definition) is 6. The average Bonchev–Trinajstić information content (AvgIpc) is 3.12. The molecule has 0 saturated carbocycles. The molecule has 0 spiro atoms. The molecule has 1 aromatic heterocycles. The van der Waals surface area contributed by atoms with Crippen molar-refractivity contribution in [3.8, 4) is 0 Å². The maximum atomic E-state index is 12.2. The van der Waals surface area contributed by atoms with Gasteiger partial charge in [-0.1, -0.05) is 0 Å². The van der Waals surface area contributed by atoms with E-state index in [0.29, 0.717) is 45.2 Å². The molecule has 1 aromatic rings. The van der Waals surface area contributed by atoms with E-state index in [2.05, 4.69) is 9.80 Å². The second-order valence-corrected chi connectivity index (χ2v) is 6.10. The van der Waals surface area contributed by atoms with Crippen molar-refractivity contribution in [3.63, 3.8) is 0 Å². The summed E-state index contributed by atoms with van der Waals surface area (Å²) in [6.45, 7) is 7.15. The minimum atomic E-state index is -0.591. The lowest BCUT2D eigenvalue weighted by Crippen LogP contribution is -2.52. The van der Waals surface area contributed by atoms with Gasteiger partial charge in [-0.2, -0.15) is 0 Å². The molecular weight excluding hydrogens is 298 g/mol. The maximum Gasteiger partial charge on any atom is 0.236 e. The van der Waals surface area contributed by atoms with Gasteiger partial charge in [-0.3, -0.25) is 14.6 Å². The summed E-state index contributed by atoms with van der Waals surface area (Å²) in [6.07, 6.45) is 0.986. The number of nitrogens with zero attached hydrogens (tertiary/aromatic N) is 3. The van der Waals surface area contributed by atoms with Gasteiger partial charge in [-0.25, -0.2) is 0 Å². The number of morpholine rings is 1. The summed E-state index contributed by atoms with van der Waals surface area (Å²) < 4.78 is 10.5. The molecule has 3 rings (SSSR count). The predicted octanol–water partition coefficient (Wildman–Crippen LogP) is -0.211. The van der Waals surface area contributed by atoms with E-state index in [1.165, 1.54) is 0 Å². The first-order valence-corrected chi connectivity index (χ1v) is 8.24. The molecule has 0 bridgehead atoms. The lowest BCUT2D eigenvalue weighted by molar-refractivity contribution is -0.137. The maximum absolute atomic E-state index is 12.2. The normalized spacial score (nSPS) is 22.2. The molecule has 128 valence electrons. The highest BCUT2D eigenvalue weighted by Gasteiger charge is 2.24. The van der Waals surface area contributed by atoms with Gasteiger partial charge in [0.1, 0.15) is 11.9 Å². The zero-order chi connectivity index (χ0) is 16.1. The van der Waals surface area contributed by atoms with Gasteiger partial charge in [-0.15, -0.1) is 0 Å². The summed E-state index contributed by atoms with van der Waals surface area (Å²) >= 11 is 0. The van der Waals surface area contributed by atoms with Crippen LogP contribution in [-0.2, 0) is 9.53 Å². The van der Waals surface area contributed by atoms with Gasteiger partial charge >= 0.3 is 0 Å². The first-order valence-electron chi connectivity index (χ1n) is 8.24. The van der Waals surface area contributed by atoms with E-state index in [9.17, 15) is 9.90 Å². The molecule has 2 saturated heterocycles. The monoisotopic (exact) mass is 323 g/mol. The number of amides is 1. The number of ether oxygens (including phenoxy) is 1. The largest absolute Gasteiger partial charge is 0.467 e. The van der Waals surface area contributed by atoms with Crippen molar-refractivity contribution in [2.75, 3.05) is 65.6 Å². The van der Waals surface area contributed by atoms with E-state index in [0.717, 1.165) is 26.2 Å². The van der Waals surface area contributed by atoms with Crippen LogP contribution < -0.4 is 0 Å². The van der Waals surface area contributed by atoms with Crippen LogP contribution in [0.4, 0.5) is 0 Å². The summed E-state index contributed by atoms with van der Waals surface area (Å²) in [4.78, 5) is 18.5. The fourth-order valence-corrected chi connectivity index (χ4v) is 3.05. The van der Waals surface area contributed by atoms with Crippen molar-refractivity contribution in [1.29, 1.82) is 0 Å². The van der Waals surface area contributed by atoms with Gasteiger partial charge < -0.3 is 19.2 Å². The fraction of sp³-hybridized carbons (Fsp3) is 0.688. The molecular formula is C16H25N3O4. The average molecular weight is 323 g/mol. The van der Waals surface area contributed by atoms with Gasteiger partial charge in [-0.05, 0) is 12.1 Å². The number of aliphatic hydroxyl groups excluding tert-OH is 1. The minimum Gasteiger partial charge on any atom is -0.467 e. The summed E-state index contributed by atoms with van der Waals surface area (Å²) in [7, 11) is 0. The molecule has 7 nitrogen and oxygen atoms in total. The number of aliphatic hydroxyl groups is 1. The Morgan fingerprint density at radius 3 is 2.48 bits per heavy atom. The number of carbonyl (C=O) groups excluding carboxylic acids is 1. The Balaban J connectivity index is 1.39. The van der Waals surface area contributed by atoms with Crippen LogP contribution in [0.1, 0.15) is 11.9 Å².